The number of nitrogens with zero attached hydrogens (tertiary/aromatic N) is 3. The van der Waals surface area contributed by atoms with Crippen molar-refractivity contribution >= 4 is 11.4 Å². The van der Waals surface area contributed by atoms with Crippen molar-refractivity contribution in [2.45, 2.75) is 19.4 Å². The summed E-state index contributed by atoms with van der Waals surface area (Å²) in [5, 5.41) is 0. The number of fused-ring (bicyclic) bond motifs is 1. The quantitative estimate of drug-likeness (QED) is 0.833. The normalized spacial score (nSPS) is 13.9. The highest BCUT2D eigenvalue weighted by atomic mass is 15.1. The molecule has 1 aromatic heterocycles. The first kappa shape index (κ1) is 11.1. The molecule has 2 N–H and O–H groups in total. The van der Waals surface area contributed by atoms with Crippen molar-refractivity contribution in [3.63, 3.8) is 0 Å². The molecule has 4 heteroatoms. The Morgan fingerprint density at radius 3 is 3.06 bits per heavy atom. The van der Waals surface area contributed by atoms with E-state index in [2.05, 4.69) is 20.5 Å². The van der Waals surface area contributed by atoms with Crippen LogP contribution in [0.4, 0.5) is 11.4 Å². The van der Waals surface area contributed by atoms with Crippen LogP contribution < -0.4 is 10.6 Å². The molecule has 0 saturated carbocycles. The zero-order chi connectivity index (χ0) is 12.4. The van der Waals surface area contributed by atoms with Gasteiger partial charge in [0.2, 0.25) is 0 Å². The van der Waals surface area contributed by atoms with Crippen molar-refractivity contribution in [3.8, 4) is 0 Å². The minimum Gasteiger partial charge on any atom is -0.398 e. The van der Waals surface area contributed by atoms with Crippen molar-refractivity contribution in [2.24, 2.45) is 0 Å². The molecule has 3 rings (SSSR count). The van der Waals surface area contributed by atoms with E-state index >= 15 is 0 Å². The van der Waals surface area contributed by atoms with Crippen molar-refractivity contribution in [1.29, 1.82) is 0 Å². The van der Waals surface area contributed by atoms with Crippen molar-refractivity contribution < 1.29 is 0 Å². The molecule has 0 spiro atoms. The van der Waals surface area contributed by atoms with Gasteiger partial charge in [-0.2, -0.15) is 0 Å². The lowest BCUT2D eigenvalue weighted by molar-refractivity contribution is 0.629. The standard InChI is InChI=1S/C14H18N4/c15-13-3-1-4-14-12(13)5-9-18(14)8-2-7-17-10-6-16-11-17/h1,3-4,6,10-11H,2,5,7-9,15H2. The number of anilines is 2. The molecular formula is C14H18N4. The van der Waals surface area contributed by atoms with E-state index < -0.39 is 0 Å². The molecule has 0 aliphatic carbocycles. The van der Waals surface area contributed by atoms with E-state index in [0.29, 0.717) is 0 Å². The average molecular weight is 242 g/mol. The van der Waals surface area contributed by atoms with Crippen LogP contribution in [0.2, 0.25) is 0 Å². The number of hydrogen-bond donors (Lipinski definition) is 1. The van der Waals surface area contributed by atoms with Crippen LogP contribution in [0.25, 0.3) is 0 Å². The highest BCUT2D eigenvalue weighted by molar-refractivity contribution is 5.68. The Morgan fingerprint density at radius 1 is 1.28 bits per heavy atom. The number of aromatic nitrogens is 2. The van der Waals surface area contributed by atoms with Gasteiger partial charge in [-0.05, 0) is 25.0 Å². The molecule has 0 bridgehead atoms. The van der Waals surface area contributed by atoms with Gasteiger partial charge in [0.15, 0.2) is 0 Å². The number of rotatable bonds is 4. The van der Waals surface area contributed by atoms with Crippen molar-refractivity contribution in [3.05, 3.63) is 42.5 Å². The van der Waals surface area contributed by atoms with Gasteiger partial charge in [-0.3, -0.25) is 0 Å². The number of benzene rings is 1. The molecule has 4 nitrogen and oxygen atoms in total. The average Bonchev–Trinajstić information content (AvgIpc) is 3.00. The summed E-state index contributed by atoms with van der Waals surface area (Å²) in [5.41, 5.74) is 9.58. The van der Waals surface area contributed by atoms with Crippen LogP contribution in [-0.4, -0.2) is 22.6 Å². The maximum absolute atomic E-state index is 6.00. The maximum Gasteiger partial charge on any atom is 0.0945 e. The molecule has 1 aliphatic heterocycles. The van der Waals surface area contributed by atoms with Gasteiger partial charge in [-0.15, -0.1) is 0 Å². The van der Waals surface area contributed by atoms with E-state index in [4.69, 9.17) is 5.73 Å². The Hall–Kier alpha value is -1.97. The van der Waals surface area contributed by atoms with E-state index in [1.54, 1.807) is 0 Å². The molecule has 2 aromatic rings. The lowest BCUT2D eigenvalue weighted by Crippen LogP contribution is -2.22. The van der Waals surface area contributed by atoms with Gasteiger partial charge >= 0.3 is 0 Å². The van der Waals surface area contributed by atoms with Crippen molar-refractivity contribution in [1.82, 2.24) is 9.55 Å². The SMILES string of the molecule is Nc1cccc2c1CCN2CCCn1ccnc1. The fraction of sp³-hybridized carbons (Fsp3) is 0.357. The third kappa shape index (κ3) is 2.06. The minimum absolute atomic E-state index is 0.935. The molecule has 2 heterocycles. The van der Waals surface area contributed by atoms with Crippen molar-refractivity contribution in [2.75, 3.05) is 23.7 Å². The van der Waals surface area contributed by atoms with E-state index in [1.165, 1.54) is 11.3 Å². The summed E-state index contributed by atoms with van der Waals surface area (Å²) in [5.74, 6) is 0. The molecule has 0 unspecified atom stereocenters. The second kappa shape index (κ2) is 4.72. The molecule has 0 saturated heterocycles. The van der Waals surface area contributed by atoms with E-state index in [1.807, 2.05) is 30.9 Å². The second-order valence-electron chi connectivity index (χ2n) is 4.74. The van der Waals surface area contributed by atoms with Crippen LogP contribution in [0.15, 0.2) is 36.9 Å². The largest absolute Gasteiger partial charge is 0.398 e. The molecule has 1 aromatic carbocycles. The topological polar surface area (TPSA) is 47.1 Å². The van der Waals surface area contributed by atoms with Crippen LogP contribution in [0.3, 0.4) is 0 Å². The Labute approximate surface area is 107 Å². The molecule has 0 amide bonds. The number of aryl methyl sites for hydroxylation is 1. The summed E-state index contributed by atoms with van der Waals surface area (Å²) in [7, 11) is 0. The highest BCUT2D eigenvalue weighted by Crippen LogP contribution is 2.31. The van der Waals surface area contributed by atoms with Crippen LogP contribution in [0, 0.1) is 0 Å². The van der Waals surface area contributed by atoms with Crippen LogP contribution in [0.5, 0.6) is 0 Å². The first-order valence-electron chi connectivity index (χ1n) is 6.42. The summed E-state index contributed by atoms with van der Waals surface area (Å²) < 4.78 is 2.12. The molecule has 94 valence electrons. The summed E-state index contributed by atoms with van der Waals surface area (Å²) in [4.78, 5) is 6.49. The monoisotopic (exact) mass is 242 g/mol. The van der Waals surface area contributed by atoms with Gasteiger partial charge in [0.05, 0.1) is 6.33 Å². The highest BCUT2D eigenvalue weighted by Gasteiger charge is 2.19. The zero-order valence-electron chi connectivity index (χ0n) is 10.4. The Kier molecular flexibility index (Phi) is 2.92. The van der Waals surface area contributed by atoms with Crippen LogP contribution in [-0.2, 0) is 13.0 Å². The fourth-order valence-corrected chi connectivity index (χ4v) is 2.62. The summed E-state index contributed by atoms with van der Waals surface area (Å²) in [6.45, 7) is 3.19. The summed E-state index contributed by atoms with van der Waals surface area (Å²) >= 11 is 0. The lowest BCUT2D eigenvalue weighted by Gasteiger charge is -2.19. The first-order valence-corrected chi connectivity index (χ1v) is 6.42. The Morgan fingerprint density at radius 2 is 2.22 bits per heavy atom. The Balaban J connectivity index is 1.61. The number of hydrogen-bond acceptors (Lipinski definition) is 3. The van der Waals surface area contributed by atoms with Crippen LogP contribution >= 0.6 is 0 Å². The molecular weight excluding hydrogens is 224 g/mol. The van der Waals surface area contributed by atoms with Crippen LogP contribution in [0.1, 0.15) is 12.0 Å². The molecule has 18 heavy (non-hydrogen) atoms. The van der Waals surface area contributed by atoms with Gasteiger partial charge in [0.1, 0.15) is 0 Å². The van der Waals surface area contributed by atoms with E-state index in [9.17, 15) is 0 Å². The molecule has 1 aliphatic rings. The number of imidazole rings is 1. The Bertz CT molecular complexity index is 519. The third-order valence-corrected chi connectivity index (χ3v) is 3.56. The van der Waals surface area contributed by atoms with Gasteiger partial charge in [-0.1, -0.05) is 6.07 Å². The first-order chi connectivity index (χ1) is 8.84. The van der Waals surface area contributed by atoms with Gasteiger partial charge in [-0.25, -0.2) is 4.98 Å². The second-order valence-corrected chi connectivity index (χ2v) is 4.74. The van der Waals surface area contributed by atoms with E-state index in [-0.39, 0.29) is 0 Å². The van der Waals surface area contributed by atoms with E-state index in [0.717, 1.165) is 38.2 Å². The van der Waals surface area contributed by atoms with Gasteiger partial charge in [0, 0.05) is 49.0 Å². The molecule has 0 fully saturated rings. The smallest absolute Gasteiger partial charge is 0.0945 e. The number of nitrogens with two attached hydrogens (primary N) is 1. The predicted octanol–water partition coefficient (Wildman–Crippen LogP) is 1.92. The minimum atomic E-state index is 0.935. The van der Waals surface area contributed by atoms with Gasteiger partial charge in [0.25, 0.3) is 0 Å². The molecule has 0 radical (unpaired) electrons. The summed E-state index contributed by atoms with van der Waals surface area (Å²) in [6, 6.07) is 6.21. The zero-order valence-corrected chi connectivity index (χ0v) is 10.4. The number of nitrogen functional groups attached to an aromatic ring is 1. The maximum atomic E-state index is 6.00. The van der Waals surface area contributed by atoms with Gasteiger partial charge < -0.3 is 15.2 Å². The molecule has 0 atom stereocenters. The fourth-order valence-electron chi connectivity index (χ4n) is 2.62. The predicted molar refractivity (Wildman–Crippen MR) is 73.6 cm³/mol. The third-order valence-electron chi connectivity index (χ3n) is 3.56. The summed E-state index contributed by atoms with van der Waals surface area (Å²) in [6.07, 6.45) is 7.91. The lowest BCUT2D eigenvalue weighted by atomic mass is 10.1.